The first-order valence-electron chi connectivity index (χ1n) is 9.24. The van der Waals surface area contributed by atoms with Gasteiger partial charge in [0.25, 0.3) is 0 Å². The molecule has 10 heteroatoms. The summed E-state index contributed by atoms with van der Waals surface area (Å²) in [6, 6.07) is 4.60. The van der Waals surface area contributed by atoms with Crippen LogP contribution in [0.4, 0.5) is 18.9 Å². The number of benzene rings is 1. The van der Waals surface area contributed by atoms with Crippen LogP contribution in [0.3, 0.4) is 0 Å². The van der Waals surface area contributed by atoms with Gasteiger partial charge in [-0.2, -0.15) is 18.4 Å². The molecule has 4 heterocycles. The second-order valence-electron chi connectivity index (χ2n) is 8.06. The Morgan fingerprint density at radius 3 is 2.79 bits per heavy atom. The van der Waals surface area contributed by atoms with E-state index in [4.69, 9.17) is 14.7 Å². The zero-order chi connectivity index (χ0) is 20.8. The predicted octanol–water partition coefficient (Wildman–Crippen LogP) is 1.17. The van der Waals surface area contributed by atoms with Gasteiger partial charge in [0.15, 0.2) is 0 Å². The number of fused-ring (bicyclic) bond motifs is 2. The lowest BCUT2D eigenvalue weighted by Crippen LogP contribution is -2.54. The summed E-state index contributed by atoms with van der Waals surface area (Å²) >= 11 is 0. The van der Waals surface area contributed by atoms with Crippen LogP contribution in [0, 0.1) is 23.2 Å². The van der Waals surface area contributed by atoms with Gasteiger partial charge >= 0.3 is 6.18 Å². The Hall–Kier alpha value is -2.19. The van der Waals surface area contributed by atoms with E-state index < -0.39 is 65.2 Å². The summed E-state index contributed by atoms with van der Waals surface area (Å²) in [5, 5.41) is 29.5. The van der Waals surface area contributed by atoms with E-state index in [2.05, 4.69) is 0 Å². The van der Waals surface area contributed by atoms with Gasteiger partial charge in [0.1, 0.15) is 11.8 Å². The van der Waals surface area contributed by atoms with E-state index in [9.17, 15) is 28.2 Å². The Labute approximate surface area is 163 Å². The highest BCUT2D eigenvalue weighted by Gasteiger charge is 2.79. The van der Waals surface area contributed by atoms with Gasteiger partial charge in [0.2, 0.25) is 5.91 Å². The van der Waals surface area contributed by atoms with Crippen molar-refractivity contribution in [1.29, 1.82) is 5.26 Å². The fourth-order valence-corrected chi connectivity index (χ4v) is 5.67. The maximum atomic E-state index is 13.4. The molecule has 2 N–H and O–H groups in total. The number of nitrogens with zero attached hydrogens (tertiary/aromatic N) is 2. The molecule has 154 valence electrons. The van der Waals surface area contributed by atoms with Crippen LogP contribution in [0.15, 0.2) is 18.2 Å². The van der Waals surface area contributed by atoms with Crippen molar-refractivity contribution in [3.8, 4) is 6.07 Å². The third kappa shape index (κ3) is 2.19. The molecule has 0 aromatic heterocycles. The summed E-state index contributed by atoms with van der Waals surface area (Å²) in [4.78, 5) is 14.5. The van der Waals surface area contributed by atoms with Gasteiger partial charge in [0.05, 0.1) is 48.0 Å². The summed E-state index contributed by atoms with van der Waals surface area (Å²) in [6.07, 6.45) is -6.03. The highest BCUT2D eigenvalue weighted by Crippen LogP contribution is 2.65. The molecular weight excluding hydrogens is 393 g/mol. The number of ether oxygens (including phenoxy) is 2. The first-order chi connectivity index (χ1) is 13.7. The zero-order valence-corrected chi connectivity index (χ0v) is 15.0. The van der Waals surface area contributed by atoms with Crippen molar-refractivity contribution >= 4 is 11.6 Å². The van der Waals surface area contributed by atoms with Crippen molar-refractivity contribution in [2.75, 3.05) is 18.1 Å². The number of rotatable bonds is 2. The van der Waals surface area contributed by atoms with Crippen LogP contribution in [-0.4, -0.2) is 52.9 Å². The Balaban J connectivity index is 1.63. The van der Waals surface area contributed by atoms with Gasteiger partial charge in [-0.25, -0.2) is 0 Å². The third-order valence-electron chi connectivity index (χ3n) is 6.82. The average Bonchev–Trinajstić information content (AvgIpc) is 3.26. The average molecular weight is 410 g/mol. The molecule has 1 aromatic rings. The van der Waals surface area contributed by atoms with Gasteiger partial charge in [-0.3, -0.25) is 9.69 Å². The Morgan fingerprint density at radius 1 is 1.38 bits per heavy atom. The number of anilines is 1. The van der Waals surface area contributed by atoms with Crippen LogP contribution in [0.5, 0.6) is 0 Å². The van der Waals surface area contributed by atoms with Crippen LogP contribution in [0.25, 0.3) is 0 Å². The highest BCUT2D eigenvalue weighted by atomic mass is 19.4. The summed E-state index contributed by atoms with van der Waals surface area (Å²) in [5.74, 6) is -2.00. The van der Waals surface area contributed by atoms with E-state index in [1.807, 2.05) is 0 Å². The molecule has 4 aliphatic heterocycles. The van der Waals surface area contributed by atoms with E-state index in [-0.39, 0.29) is 18.7 Å². The molecule has 29 heavy (non-hydrogen) atoms. The molecule has 4 aliphatic rings. The van der Waals surface area contributed by atoms with Crippen molar-refractivity contribution in [3.05, 3.63) is 29.3 Å². The van der Waals surface area contributed by atoms with Gasteiger partial charge in [0, 0.05) is 24.4 Å². The smallest absolute Gasteiger partial charge is 0.393 e. The predicted molar refractivity (Wildman–Crippen MR) is 89.2 cm³/mol. The standard InChI is InChI=1S/C19H17F3N2O5/c20-19(21,22)11-5-10(2-1-9(11)7-23)24-15(27)13-14-16(24)28-4-3-17(14)6-12(26)18(13,8-25)29-17/h1-2,5,12-14,16,25-26H,3-4,6,8H2/t12-,13-,14+,16+,17+,18-/m0/s1. The van der Waals surface area contributed by atoms with E-state index in [0.29, 0.717) is 6.42 Å². The maximum Gasteiger partial charge on any atom is 0.417 e. The van der Waals surface area contributed by atoms with Gasteiger partial charge in [-0.15, -0.1) is 0 Å². The molecule has 0 unspecified atom stereocenters. The molecule has 0 saturated carbocycles. The summed E-state index contributed by atoms with van der Waals surface area (Å²) < 4.78 is 52.1. The molecule has 1 aromatic carbocycles. The molecule has 1 spiro atoms. The molecule has 7 nitrogen and oxygen atoms in total. The fraction of sp³-hybridized carbons (Fsp3) is 0.579. The van der Waals surface area contributed by atoms with Crippen molar-refractivity contribution in [2.24, 2.45) is 11.8 Å². The number of amides is 1. The molecule has 6 atom stereocenters. The van der Waals surface area contributed by atoms with Crippen LogP contribution < -0.4 is 4.90 Å². The minimum absolute atomic E-state index is 0.0419. The number of carbonyl (C=O) groups excluding carboxylic acids is 1. The number of hydrogen-bond donors (Lipinski definition) is 2. The van der Waals surface area contributed by atoms with E-state index in [1.54, 1.807) is 0 Å². The zero-order valence-electron chi connectivity index (χ0n) is 15.0. The van der Waals surface area contributed by atoms with Crippen molar-refractivity contribution in [3.63, 3.8) is 0 Å². The molecule has 0 radical (unpaired) electrons. The van der Waals surface area contributed by atoms with E-state index in [0.717, 1.165) is 17.0 Å². The normalized spacial score (nSPS) is 40.3. The van der Waals surface area contributed by atoms with Crippen LogP contribution in [0.2, 0.25) is 0 Å². The Morgan fingerprint density at radius 2 is 2.14 bits per heavy atom. The maximum absolute atomic E-state index is 13.4. The minimum Gasteiger partial charge on any atom is -0.393 e. The van der Waals surface area contributed by atoms with E-state index >= 15 is 0 Å². The topological polar surface area (TPSA) is 103 Å². The number of hydrogen-bond acceptors (Lipinski definition) is 6. The number of carbonyl (C=O) groups is 1. The van der Waals surface area contributed by atoms with E-state index in [1.165, 1.54) is 12.1 Å². The van der Waals surface area contributed by atoms with Gasteiger partial charge < -0.3 is 19.7 Å². The van der Waals surface area contributed by atoms with Crippen LogP contribution in [-0.2, 0) is 20.4 Å². The summed E-state index contributed by atoms with van der Waals surface area (Å²) in [5.41, 5.74) is -4.06. The Bertz CT molecular complexity index is 947. The SMILES string of the molecule is N#Cc1ccc(N2C(=O)[C@@H]3[C@@H]4[C@H]2OCC[C@@]42C[C@H](O)[C@]3(CO)O2)cc1C(F)(F)F. The third-order valence-corrected chi connectivity index (χ3v) is 6.82. The van der Waals surface area contributed by atoms with Crippen molar-refractivity contribution in [2.45, 2.75) is 42.6 Å². The lowest BCUT2D eigenvalue weighted by Gasteiger charge is -2.42. The van der Waals surface area contributed by atoms with Gasteiger partial charge in [-0.05, 0) is 18.2 Å². The number of nitriles is 1. The number of aliphatic hydroxyl groups excluding tert-OH is 2. The van der Waals surface area contributed by atoms with Crippen LogP contribution >= 0.6 is 0 Å². The number of halogens is 3. The van der Waals surface area contributed by atoms with Crippen LogP contribution in [0.1, 0.15) is 24.0 Å². The Kier molecular flexibility index (Phi) is 3.70. The number of aliphatic hydroxyl groups is 2. The minimum atomic E-state index is -4.76. The quantitative estimate of drug-likeness (QED) is 0.759. The highest BCUT2D eigenvalue weighted by molar-refractivity contribution is 6.00. The molecule has 0 aliphatic carbocycles. The summed E-state index contributed by atoms with van der Waals surface area (Å²) in [6.45, 7) is -0.376. The first-order valence-corrected chi connectivity index (χ1v) is 9.24. The largest absolute Gasteiger partial charge is 0.417 e. The molecule has 1 amide bonds. The lowest BCUT2D eigenvalue weighted by atomic mass is 9.64. The van der Waals surface area contributed by atoms with Crippen molar-refractivity contribution in [1.82, 2.24) is 0 Å². The number of alkyl halides is 3. The second-order valence-corrected chi connectivity index (χ2v) is 8.06. The molecular formula is C19H17F3N2O5. The monoisotopic (exact) mass is 410 g/mol. The summed E-state index contributed by atoms with van der Waals surface area (Å²) in [7, 11) is 0. The second kappa shape index (κ2) is 5.70. The van der Waals surface area contributed by atoms with Gasteiger partial charge in [-0.1, -0.05) is 0 Å². The molecule has 4 saturated heterocycles. The fourth-order valence-electron chi connectivity index (χ4n) is 5.67. The lowest BCUT2D eigenvalue weighted by molar-refractivity contribution is -0.155. The van der Waals surface area contributed by atoms with Crippen molar-refractivity contribution < 1.29 is 37.7 Å². The molecule has 2 bridgehead atoms. The first kappa shape index (κ1) is 18.8. The molecule has 5 rings (SSSR count). The molecule has 4 fully saturated rings.